The average Bonchev–Trinajstić information content (AvgIpc) is 2.87. The third-order valence-corrected chi connectivity index (χ3v) is 3.58. The Hall–Kier alpha value is -1.17. The van der Waals surface area contributed by atoms with E-state index in [9.17, 15) is 8.42 Å². The summed E-state index contributed by atoms with van der Waals surface area (Å²) in [6.07, 6.45) is 4.47. The fraction of sp³-hybridized carbons (Fsp3) is 0.429. The monoisotopic (exact) mass is 199 g/mol. The van der Waals surface area contributed by atoms with E-state index in [0.717, 1.165) is 12.8 Å². The van der Waals surface area contributed by atoms with Gasteiger partial charge in [0.05, 0.1) is 5.25 Å². The lowest BCUT2D eigenvalue weighted by Crippen LogP contribution is -2.18. The second-order valence-electron chi connectivity index (χ2n) is 2.92. The molecule has 0 saturated heterocycles. The van der Waals surface area contributed by atoms with Crippen molar-refractivity contribution in [3.8, 4) is 0 Å². The van der Waals surface area contributed by atoms with Crippen molar-refractivity contribution in [3.05, 3.63) is 18.5 Å². The first kappa shape index (κ1) is 8.43. The topological polar surface area (TPSA) is 72.0 Å². The lowest BCUT2D eigenvalue weighted by molar-refractivity contribution is 0.599. The van der Waals surface area contributed by atoms with Crippen LogP contribution in [0.2, 0.25) is 0 Å². The number of sulfonamides is 1. The quantitative estimate of drug-likeness (QED) is 0.763. The minimum Gasteiger partial charge on any atom is -0.251 e. The number of aromatic nitrogens is 2. The van der Waals surface area contributed by atoms with Gasteiger partial charge in [0.1, 0.15) is 0 Å². The maximum absolute atomic E-state index is 11.4. The van der Waals surface area contributed by atoms with Gasteiger partial charge in [-0.25, -0.2) is 18.4 Å². The number of rotatable bonds is 3. The van der Waals surface area contributed by atoms with Crippen LogP contribution < -0.4 is 4.72 Å². The summed E-state index contributed by atoms with van der Waals surface area (Å²) >= 11 is 0. The summed E-state index contributed by atoms with van der Waals surface area (Å²) in [6.45, 7) is 0. The van der Waals surface area contributed by atoms with E-state index in [0.29, 0.717) is 0 Å². The van der Waals surface area contributed by atoms with E-state index >= 15 is 0 Å². The van der Waals surface area contributed by atoms with Gasteiger partial charge in [0, 0.05) is 12.4 Å². The molecule has 0 unspecified atom stereocenters. The Morgan fingerprint density at radius 1 is 1.31 bits per heavy atom. The molecule has 0 bridgehead atoms. The van der Waals surface area contributed by atoms with Crippen molar-refractivity contribution in [2.45, 2.75) is 18.1 Å². The van der Waals surface area contributed by atoms with Crippen LogP contribution in [-0.2, 0) is 10.0 Å². The van der Waals surface area contributed by atoms with E-state index in [2.05, 4.69) is 14.7 Å². The van der Waals surface area contributed by atoms with Crippen molar-refractivity contribution in [2.24, 2.45) is 0 Å². The molecule has 0 amide bonds. The fourth-order valence-electron chi connectivity index (χ4n) is 0.941. The van der Waals surface area contributed by atoms with Gasteiger partial charge in [-0.05, 0) is 18.9 Å². The number of anilines is 1. The zero-order valence-corrected chi connectivity index (χ0v) is 7.66. The maximum atomic E-state index is 11.4. The van der Waals surface area contributed by atoms with E-state index in [4.69, 9.17) is 0 Å². The fourth-order valence-corrected chi connectivity index (χ4v) is 2.22. The molecule has 1 aromatic heterocycles. The van der Waals surface area contributed by atoms with Crippen LogP contribution in [0.15, 0.2) is 18.5 Å². The molecule has 1 saturated carbocycles. The summed E-state index contributed by atoms with van der Waals surface area (Å²) < 4.78 is 25.1. The van der Waals surface area contributed by atoms with Crippen molar-refractivity contribution < 1.29 is 8.42 Å². The molecule has 1 aliphatic rings. The summed E-state index contributed by atoms with van der Waals surface area (Å²) in [5, 5.41) is -0.240. The zero-order valence-electron chi connectivity index (χ0n) is 6.84. The molecule has 6 heteroatoms. The third kappa shape index (κ3) is 1.95. The molecule has 5 nitrogen and oxygen atoms in total. The van der Waals surface area contributed by atoms with E-state index in [-0.39, 0.29) is 11.2 Å². The van der Waals surface area contributed by atoms with Gasteiger partial charge in [-0.15, -0.1) is 0 Å². The first-order chi connectivity index (χ1) is 6.18. The van der Waals surface area contributed by atoms with Crippen LogP contribution in [-0.4, -0.2) is 23.6 Å². The Bertz CT molecular complexity index is 385. The molecule has 1 aromatic rings. The minimum absolute atomic E-state index is 0.148. The lowest BCUT2D eigenvalue weighted by Gasteiger charge is -2.03. The predicted octanol–water partition coefficient (Wildman–Crippen LogP) is 0.381. The van der Waals surface area contributed by atoms with Gasteiger partial charge in [0.25, 0.3) is 0 Å². The zero-order chi connectivity index (χ0) is 9.31. The smallest absolute Gasteiger partial charge is 0.237 e. The van der Waals surface area contributed by atoms with Crippen molar-refractivity contribution >= 4 is 16.0 Å². The molecule has 70 valence electrons. The second kappa shape index (κ2) is 2.95. The number of hydrogen-bond donors (Lipinski definition) is 1. The van der Waals surface area contributed by atoms with E-state index in [1.165, 1.54) is 12.4 Å². The maximum Gasteiger partial charge on any atom is 0.237 e. The molecule has 2 rings (SSSR count). The standard InChI is InChI=1S/C7H9N3O2S/c11-13(12,6-2-3-6)10-7-8-4-1-5-9-7/h1,4-6H,2-3H2,(H,8,9,10). The molecule has 0 atom stereocenters. The molecule has 1 fully saturated rings. The molecule has 13 heavy (non-hydrogen) atoms. The highest BCUT2D eigenvalue weighted by atomic mass is 32.2. The Balaban J connectivity index is 2.14. The summed E-state index contributed by atoms with van der Waals surface area (Å²) in [4.78, 5) is 7.55. The first-order valence-corrected chi connectivity index (χ1v) is 5.52. The Labute approximate surface area is 76.3 Å². The second-order valence-corrected chi connectivity index (χ2v) is 4.88. The van der Waals surface area contributed by atoms with Crippen LogP contribution in [0, 0.1) is 0 Å². The highest BCUT2D eigenvalue weighted by Gasteiger charge is 2.36. The normalized spacial score (nSPS) is 16.9. The Morgan fingerprint density at radius 2 is 1.92 bits per heavy atom. The number of hydrogen-bond acceptors (Lipinski definition) is 4. The van der Waals surface area contributed by atoms with Crippen molar-refractivity contribution in [1.82, 2.24) is 9.97 Å². The molecule has 1 heterocycles. The molecule has 0 spiro atoms. The SMILES string of the molecule is O=S(=O)(Nc1ncccn1)C1CC1. The van der Waals surface area contributed by atoms with Crippen LogP contribution in [0.3, 0.4) is 0 Å². The number of nitrogens with zero attached hydrogens (tertiary/aromatic N) is 2. The molecule has 0 radical (unpaired) electrons. The van der Waals surface area contributed by atoms with Crippen LogP contribution in [0.25, 0.3) is 0 Å². The molecule has 0 aliphatic heterocycles. The number of nitrogens with one attached hydrogen (secondary N) is 1. The van der Waals surface area contributed by atoms with Gasteiger partial charge in [0.2, 0.25) is 16.0 Å². The van der Waals surface area contributed by atoms with Crippen molar-refractivity contribution in [1.29, 1.82) is 0 Å². The largest absolute Gasteiger partial charge is 0.251 e. The van der Waals surface area contributed by atoms with E-state index in [1.54, 1.807) is 6.07 Å². The Morgan fingerprint density at radius 3 is 2.46 bits per heavy atom. The van der Waals surface area contributed by atoms with Gasteiger partial charge in [0.15, 0.2) is 0 Å². The molecule has 0 aromatic carbocycles. The first-order valence-electron chi connectivity index (χ1n) is 3.97. The van der Waals surface area contributed by atoms with Crippen molar-refractivity contribution in [3.63, 3.8) is 0 Å². The third-order valence-electron chi connectivity index (χ3n) is 1.76. The molecular weight excluding hydrogens is 190 g/mol. The van der Waals surface area contributed by atoms with E-state index < -0.39 is 10.0 Å². The van der Waals surface area contributed by atoms with Gasteiger partial charge < -0.3 is 0 Å². The summed E-state index contributed by atoms with van der Waals surface area (Å²) in [5.41, 5.74) is 0. The minimum atomic E-state index is -3.22. The molecular formula is C7H9N3O2S. The van der Waals surface area contributed by atoms with Gasteiger partial charge >= 0.3 is 0 Å². The lowest BCUT2D eigenvalue weighted by atomic mass is 10.7. The highest BCUT2D eigenvalue weighted by molar-refractivity contribution is 7.93. The average molecular weight is 199 g/mol. The summed E-state index contributed by atoms with van der Waals surface area (Å²) in [6, 6.07) is 1.63. The predicted molar refractivity (Wildman–Crippen MR) is 47.6 cm³/mol. The van der Waals surface area contributed by atoms with Gasteiger partial charge in [-0.1, -0.05) is 0 Å². The van der Waals surface area contributed by atoms with E-state index in [1.807, 2.05) is 0 Å². The molecule has 1 aliphatic carbocycles. The van der Waals surface area contributed by atoms with Crippen LogP contribution >= 0.6 is 0 Å². The summed E-state index contributed by atoms with van der Waals surface area (Å²) in [7, 11) is -3.22. The van der Waals surface area contributed by atoms with Gasteiger partial charge in [-0.2, -0.15) is 0 Å². The summed E-state index contributed by atoms with van der Waals surface area (Å²) in [5.74, 6) is 0.148. The highest BCUT2D eigenvalue weighted by Crippen LogP contribution is 2.28. The van der Waals surface area contributed by atoms with Crippen LogP contribution in [0.5, 0.6) is 0 Å². The van der Waals surface area contributed by atoms with Crippen LogP contribution in [0.1, 0.15) is 12.8 Å². The van der Waals surface area contributed by atoms with Gasteiger partial charge in [-0.3, -0.25) is 4.72 Å². The van der Waals surface area contributed by atoms with Crippen molar-refractivity contribution in [2.75, 3.05) is 4.72 Å². The Kier molecular flexibility index (Phi) is 1.91. The molecule has 1 N–H and O–H groups in total. The van der Waals surface area contributed by atoms with Crippen LogP contribution in [0.4, 0.5) is 5.95 Å².